The molecule has 2 amide bonds. The highest BCUT2D eigenvalue weighted by atomic mass is 31.2. The number of rotatable bonds is 14. The fourth-order valence-corrected chi connectivity index (χ4v) is 5.66. The standard InChI is InChI=1S/C29H35N4O9P/c1-19(22-10-14-26(25(16-22)28(30)34)39-17-20-6-4-3-5-7-20)32-29(35)21-8-11-23(12-9-21)42-43(38,31-2)40-18-24-13-15-27(41-24)33(36)37/h8-16,19-20H,3-7,17-18H2,1-2H3,(H2,30,34)(H,31,38)(H,32,35). The first-order valence-electron chi connectivity index (χ1n) is 13.9. The maximum atomic E-state index is 13.0. The molecule has 1 heterocycles. The Kier molecular flexibility index (Phi) is 10.6. The molecule has 1 aliphatic carbocycles. The molecule has 14 heteroatoms. The molecule has 0 spiro atoms. The summed E-state index contributed by atoms with van der Waals surface area (Å²) in [6, 6.07) is 13.1. The number of nitrogens with one attached hydrogen (secondary N) is 2. The smallest absolute Gasteiger partial charge is 0.458 e. The predicted molar refractivity (Wildman–Crippen MR) is 157 cm³/mol. The summed E-state index contributed by atoms with van der Waals surface area (Å²) in [6.45, 7) is 1.98. The molecule has 1 aliphatic rings. The van der Waals surface area contributed by atoms with Gasteiger partial charge in [-0.15, -0.1) is 0 Å². The van der Waals surface area contributed by atoms with Crippen LogP contribution >= 0.6 is 7.75 Å². The van der Waals surface area contributed by atoms with Gasteiger partial charge in [0, 0.05) is 5.56 Å². The lowest BCUT2D eigenvalue weighted by Gasteiger charge is -2.22. The molecular formula is C29H35N4O9P. The minimum atomic E-state index is -3.86. The second kappa shape index (κ2) is 14.3. The van der Waals surface area contributed by atoms with E-state index in [9.17, 15) is 24.3 Å². The van der Waals surface area contributed by atoms with Crippen LogP contribution in [-0.4, -0.2) is 30.4 Å². The van der Waals surface area contributed by atoms with Gasteiger partial charge in [-0.25, -0.2) is 9.65 Å². The van der Waals surface area contributed by atoms with Crippen molar-refractivity contribution in [2.24, 2.45) is 11.7 Å². The van der Waals surface area contributed by atoms with Crippen molar-refractivity contribution in [3.05, 3.63) is 87.2 Å². The second-order valence-electron chi connectivity index (χ2n) is 10.2. The number of nitro groups is 1. The van der Waals surface area contributed by atoms with E-state index in [0.29, 0.717) is 29.4 Å². The van der Waals surface area contributed by atoms with Gasteiger partial charge in [0.25, 0.3) is 11.8 Å². The van der Waals surface area contributed by atoms with E-state index >= 15 is 0 Å². The number of hydrogen-bond acceptors (Lipinski definition) is 9. The molecule has 0 saturated heterocycles. The average Bonchev–Trinajstić information content (AvgIpc) is 3.49. The summed E-state index contributed by atoms with van der Waals surface area (Å²) in [5.74, 6) is -0.308. The first kappa shape index (κ1) is 31.7. The minimum Gasteiger partial charge on any atom is -0.492 e. The van der Waals surface area contributed by atoms with Gasteiger partial charge in [-0.05, 0) is 80.8 Å². The molecule has 4 N–H and O–H groups in total. The summed E-state index contributed by atoms with van der Waals surface area (Å²) in [7, 11) is -2.49. The first-order chi connectivity index (χ1) is 20.6. The van der Waals surface area contributed by atoms with Gasteiger partial charge in [0.15, 0.2) is 0 Å². The van der Waals surface area contributed by atoms with Crippen LogP contribution in [-0.2, 0) is 15.7 Å². The molecule has 1 fully saturated rings. The Hall–Kier alpha value is -4.19. The average molecular weight is 615 g/mol. The highest BCUT2D eigenvalue weighted by Crippen LogP contribution is 2.44. The predicted octanol–water partition coefficient (Wildman–Crippen LogP) is 5.66. The minimum absolute atomic E-state index is 0.0940. The van der Waals surface area contributed by atoms with E-state index in [4.69, 9.17) is 23.9 Å². The van der Waals surface area contributed by atoms with Crippen molar-refractivity contribution in [2.75, 3.05) is 13.7 Å². The van der Waals surface area contributed by atoms with Gasteiger partial charge in [0.1, 0.15) is 28.8 Å². The fourth-order valence-electron chi connectivity index (χ4n) is 4.69. The molecule has 230 valence electrons. The third kappa shape index (κ3) is 8.66. The topological polar surface area (TPSA) is 185 Å². The zero-order valence-electron chi connectivity index (χ0n) is 23.9. The van der Waals surface area contributed by atoms with E-state index < -0.39 is 30.5 Å². The molecule has 1 saturated carbocycles. The molecule has 0 aliphatic heterocycles. The number of benzene rings is 2. The monoisotopic (exact) mass is 614 g/mol. The van der Waals surface area contributed by atoms with E-state index in [1.54, 1.807) is 25.1 Å². The molecule has 0 radical (unpaired) electrons. The number of furan rings is 1. The second-order valence-corrected chi connectivity index (χ2v) is 12.1. The van der Waals surface area contributed by atoms with Crippen molar-refractivity contribution in [1.82, 2.24) is 10.4 Å². The van der Waals surface area contributed by atoms with Crippen LogP contribution in [0.3, 0.4) is 0 Å². The van der Waals surface area contributed by atoms with Gasteiger partial charge in [-0.1, -0.05) is 25.3 Å². The van der Waals surface area contributed by atoms with Crippen LogP contribution in [0.2, 0.25) is 0 Å². The van der Waals surface area contributed by atoms with Crippen molar-refractivity contribution in [3.8, 4) is 11.5 Å². The van der Waals surface area contributed by atoms with Gasteiger partial charge in [0.05, 0.1) is 24.3 Å². The number of amides is 2. The summed E-state index contributed by atoms with van der Waals surface area (Å²) in [5, 5.41) is 16.1. The van der Waals surface area contributed by atoms with E-state index in [2.05, 4.69) is 10.4 Å². The number of hydrogen-bond donors (Lipinski definition) is 3. The lowest BCUT2D eigenvalue weighted by molar-refractivity contribution is -0.402. The highest BCUT2D eigenvalue weighted by molar-refractivity contribution is 7.52. The molecule has 43 heavy (non-hydrogen) atoms. The van der Waals surface area contributed by atoms with Crippen LogP contribution in [0.15, 0.2) is 59.0 Å². The van der Waals surface area contributed by atoms with Gasteiger partial charge >= 0.3 is 13.6 Å². The van der Waals surface area contributed by atoms with Crippen molar-refractivity contribution < 1.29 is 37.3 Å². The van der Waals surface area contributed by atoms with Crippen LogP contribution in [0.1, 0.15) is 77.1 Å². The summed E-state index contributed by atoms with van der Waals surface area (Å²) < 4.78 is 34.7. The molecule has 2 unspecified atom stereocenters. The molecule has 2 aromatic carbocycles. The van der Waals surface area contributed by atoms with Gasteiger partial charge in [-0.3, -0.25) is 24.2 Å². The third-order valence-corrected chi connectivity index (χ3v) is 8.60. The van der Waals surface area contributed by atoms with Crippen LogP contribution < -0.4 is 25.4 Å². The van der Waals surface area contributed by atoms with E-state index in [1.165, 1.54) is 56.6 Å². The maximum absolute atomic E-state index is 13.0. The normalized spacial score (nSPS) is 15.7. The largest absolute Gasteiger partial charge is 0.492 e. The van der Waals surface area contributed by atoms with Crippen molar-refractivity contribution >= 4 is 25.4 Å². The molecule has 0 bridgehead atoms. The quantitative estimate of drug-likeness (QED) is 0.116. The lowest BCUT2D eigenvalue weighted by atomic mass is 9.90. The van der Waals surface area contributed by atoms with Crippen molar-refractivity contribution in [3.63, 3.8) is 0 Å². The Balaban J connectivity index is 1.34. The number of carbonyl (C=O) groups excluding carboxylic acids is 2. The number of carbonyl (C=O) groups is 2. The summed E-state index contributed by atoms with van der Waals surface area (Å²) in [6.07, 6.45) is 5.86. The molecular weight excluding hydrogens is 579 g/mol. The zero-order chi connectivity index (χ0) is 31.0. The van der Waals surface area contributed by atoms with Crippen LogP contribution in [0.25, 0.3) is 0 Å². The van der Waals surface area contributed by atoms with E-state index in [-0.39, 0.29) is 29.6 Å². The van der Waals surface area contributed by atoms with Crippen LogP contribution in [0.4, 0.5) is 5.88 Å². The number of primary amides is 1. The Morgan fingerprint density at radius 2 is 1.84 bits per heavy atom. The van der Waals surface area contributed by atoms with Crippen LogP contribution in [0.5, 0.6) is 11.5 Å². The molecule has 2 atom stereocenters. The molecule has 3 aromatic rings. The summed E-state index contributed by atoms with van der Waals surface area (Å²) in [5.41, 5.74) is 6.89. The molecule has 13 nitrogen and oxygen atoms in total. The number of nitrogens with two attached hydrogens (primary N) is 1. The first-order valence-corrected chi connectivity index (χ1v) is 15.4. The molecule has 1 aromatic heterocycles. The number of nitrogens with zero attached hydrogens (tertiary/aromatic N) is 1. The van der Waals surface area contributed by atoms with E-state index in [0.717, 1.165) is 18.9 Å². The lowest BCUT2D eigenvalue weighted by Crippen LogP contribution is -2.27. The van der Waals surface area contributed by atoms with E-state index in [1.807, 2.05) is 0 Å². The Morgan fingerprint density at radius 1 is 1.12 bits per heavy atom. The Morgan fingerprint density at radius 3 is 2.47 bits per heavy atom. The number of ether oxygens (including phenoxy) is 1. The fraction of sp³-hybridized carbons (Fsp3) is 0.379. The van der Waals surface area contributed by atoms with Crippen molar-refractivity contribution in [2.45, 2.75) is 51.7 Å². The van der Waals surface area contributed by atoms with Gasteiger partial charge in [0.2, 0.25) is 0 Å². The SMILES string of the molecule is CNP(=O)(OCc1ccc([N+](=O)[O-])o1)Oc1ccc(C(=O)NC(C)c2ccc(OCC3CCCCC3)c(C(N)=O)c2)cc1. The Labute approximate surface area is 248 Å². The summed E-state index contributed by atoms with van der Waals surface area (Å²) >= 11 is 0. The summed E-state index contributed by atoms with van der Waals surface area (Å²) in [4.78, 5) is 35.2. The highest BCUT2D eigenvalue weighted by Gasteiger charge is 2.26. The molecule has 4 rings (SSSR count). The Bertz CT molecular complexity index is 1490. The maximum Gasteiger partial charge on any atom is 0.458 e. The van der Waals surface area contributed by atoms with Crippen LogP contribution in [0, 0.1) is 16.0 Å². The van der Waals surface area contributed by atoms with Crippen molar-refractivity contribution in [1.29, 1.82) is 0 Å². The third-order valence-electron chi connectivity index (χ3n) is 7.14. The van der Waals surface area contributed by atoms with Gasteiger partial charge in [-0.2, -0.15) is 0 Å². The van der Waals surface area contributed by atoms with Gasteiger partial charge < -0.3 is 24.7 Å². The zero-order valence-corrected chi connectivity index (χ0v) is 24.8.